The zero-order valence-corrected chi connectivity index (χ0v) is 12.8. The second-order valence-corrected chi connectivity index (χ2v) is 8.07. The number of piperazine rings is 1. The van der Waals surface area contributed by atoms with Crippen molar-refractivity contribution in [3.8, 4) is 0 Å². The van der Waals surface area contributed by atoms with Crippen molar-refractivity contribution in [2.24, 2.45) is 0 Å². The minimum atomic E-state index is -2.73. The molecule has 0 aromatic rings. The van der Waals surface area contributed by atoms with Crippen molar-refractivity contribution in [2.75, 3.05) is 57.3 Å². The van der Waals surface area contributed by atoms with E-state index in [-0.39, 0.29) is 0 Å². The third kappa shape index (κ3) is 5.02. The van der Waals surface area contributed by atoms with Crippen LogP contribution in [0.2, 0.25) is 0 Å². The molecule has 1 N–H and O–H groups in total. The summed E-state index contributed by atoms with van der Waals surface area (Å²) in [7, 11) is -2.73. The summed E-state index contributed by atoms with van der Waals surface area (Å²) in [6.45, 7) is 9.33. The predicted octanol–water partition coefficient (Wildman–Crippen LogP) is -0.209. The molecule has 0 radical (unpaired) electrons. The van der Waals surface area contributed by atoms with Gasteiger partial charge in [0.05, 0.1) is 11.5 Å². The van der Waals surface area contributed by atoms with Crippen LogP contribution in [0, 0.1) is 0 Å². The minimum absolute atomic E-state index is 0.348. The lowest BCUT2D eigenvalue weighted by Crippen LogP contribution is -2.47. The van der Waals surface area contributed by atoms with Gasteiger partial charge in [-0.15, -0.1) is 0 Å². The molecule has 112 valence electrons. The van der Waals surface area contributed by atoms with Crippen LogP contribution in [0.25, 0.3) is 0 Å². The molecule has 0 bridgehead atoms. The maximum Gasteiger partial charge on any atom is 0.152 e. The Morgan fingerprint density at radius 3 is 2.37 bits per heavy atom. The van der Waals surface area contributed by atoms with E-state index in [1.165, 1.54) is 12.8 Å². The summed E-state index contributed by atoms with van der Waals surface area (Å²) in [6.07, 6.45) is 2.38. The standard InChI is InChI=1S/C13H27N3O2S/c1-13(16-7-4-14-5-8-16)3-2-6-15-9-11-19(17,18)12-10-15/h13-14H,2-12H2,1H3. The van der Waals surface area contributed by atoms with Gasteiger partial charge >= 0.3 is 0 Å². The van der Waals surface area contributed by atoms with Gasteiger partial charge in [-0.3, -0.25) is 4.90 Å². The van der Waals surface area contributed by atoms with E-state index in [1.54, 1.807) is 0 Å². The molecule has 5 nitrogen and oxygen atoms in total. The van der Waals surface area contributed by atoms with Gasteiger partial charge in [0.1, 0.15) is 0 Å². The zero-order chi connectivity index (χ0) is 13.7. The minimum Gasteiger partial charge on any atom is -0.314 e. The van der Waals surface area contributed by atoms with Gasteiger partial charge in [0, 0.05) is 45.3 Å². The van der Waals surface area contributed by atoms with Crippen molar-refractivity contribution in [3.05, 3.63) is 0 Å². The van der Waals surface area contributed by atoms with Crippen LogP contribution in [0.1, 0.15) is 19.8 Å². The normalized spacial score (nSPS) is 27.2. The van der Waals surface area contributed by atoms with Crippen molar-refractivity contribution in [3.63, 3.8) is 0 Å². The number of nitrogens with zero attached hydrogens (tertiary/aromatic N) is 2. The first-order valence-electron chi connectivity index (χ1n) is 7.44. The van der Waals surface area contributed by atoms with Crippen LogP contribution in [0.15, 0.2) is 0 Å². The third-order valence-electron chi connectivity index (χ3n) is 4.31. The van der Waals surface area contributed by atoms with E-state index in [0.29, 0.717) is 17.5 Å². The average Bonchev–Trinajstić information content (AvgIpc) is 2.41. The molecule has 0 amide bonds. The second kappa shape index (κ2) is 7.02. The summed E-state index contributed by atoms with van der Waals surface area (Å²) in [6, 6.07) is 0.649. The summed E-state index contributed by atoms with van der Waals surface area (Å²) in [5, 5.41) is 3.38. The Labute approximate surface area is 117 Å². The van der Waals surface area contributed by atoms with Crippen LogP contribution in [-0.2, 0) is 9.84 Å². The van der Waals surface area contributed by atoms with Crippen molar-refractivity contribution >= 4 is 9.84 Å². The van der Waals surface area contributed by atoms with E-state index in [2.05, 4.69) is 22.0 Å². The molecule has 6 heteroatoms. The SMILES string of the molecule is CC(CCCN1CCS(=O)(=O)CC1)N1CCNCC1. The average molecular weight is 289 g/mol. The smallest absolute Gasteiger partial charge is 0.152 e. The molecule has 0 aliphatic carbocycles. The van der Waals surface area contributed by atoms with E-state index < -0.39 is 9.84 Å². The maximum absolute atomic E-state index is 11.3. The lowest BCUT2D eigenvalue weighted by Gasteiger charge is -2.33. The number of sulfone groups is 1. The van der Waals surface area contributed by atoms with Gasteiger partial charge in [0.15, 0.2) is 9.84 Å². The Balaban J connectivity index is 1.61. The molecule has 2 rings (SSSR count). The molecular weight excluding hydrogens is 262 g/mol. The predicted molar refractivity (Wildman–Crippen MR) is 78.2 cm³/mol. The molecular formula is C13H27N3O2S. The quantitative estimate of drug-likeness (QED) is 0.759. The van der Waals surface area contributed by atoms with Crippen molar-refractivity contribution in [2.45, 2.75) is 25.8 Å². The molecule has 2 aliphatic rings. The Bertz CT molecular complexity index is 352. The summed E-state index contributed by atoms with van der Waals surface area (Å²) in [4.78, 5) is 4.85. The van der Waals surface area contributed by atoms with Crippen LogP contribution in [0.4, 0.5) is 0 Å². The highest BCUT2D eigenvalue weighted by atomic mass is 32.2. The van der Waals surface area contributed by atoms with Crippen molar-refractivity contribution in [1.82, 2.24) is 15.1 Å². The van der Waals surface area contributed by atoms with E-state index in [1.807, 2.05) is 0 Å². The first-order valence-corrected chi connectivity index (χ1v) is 9.26. The van der Waals surface area contributed by atoms with Crippen LogP contribution < -0.4 is 5.32 Å². The first-order chi connectivity index (χ1) is 9.07. The molecule has 0 aromatic heterocycles. The highest BCUT2D eigenvalue weighted by Crippen LogP contribution is 2.10. The van der Waals surface area contributed by atoms with Gasteiger partial charge in [-0.1, -0.05) is 0 Å². The molecule has 1 unspecified atom stereocenters. The first kappa shape index (κ1) is 15.2. The Morgan fingerprint density at radius 2 is 1.74 bits per heavy atom. The maximum atomic E-state index is 11.3. The van der Waals surface area contributed by atoms with Gasteiger partial charge < -0.3 is 10.2 Å². The topological polar surface area (TPSA) is 52.7 Å². The highest BCUT2D eigenvalue weighted by Gasteiger charge is 2.21. The van der Waals surface area contributed by atoms with E-state index in [4.69, 9.17) is 0 Å². The number of hydrogen-bond acceptors (Lipinski definition) is 5. The molecule has 2 aliphatic heterocycles. The molecule has 2 saturated heterocycles. The van der Waals surface area contributed by atoms with E-state index in [0.717, 1.165) is 45.8 Å². The van der Waals surface area contributed by atoms with Crippen molar-refractivity contribution in [1.29, 1.82) is 0 Å². The monoisotopic (exact) mass is 289 g/mol. The lowest BCUT2D eigenvalue weighted by molar-refractivity contribution is 0.168. The van der Waals surface area contributed by atoms with Crippen LogP contribution in [-0.4, -0.2) is 81.6 Å². The Hall–Kier alpha value is -0.170. The van der Waals surface area contributed by atoms with Gasteiger partial charge in [-0.25, -0.2) is 8.42 Å². The fraction of sp³-hybridized carbons (Fsp3) is 1.00. The van der Waals surface area contributed by atoms with E-state index in [9.17, 15) is 8.42 Å². The van der Waals surface area contributed by atoms with E-state index >= 15 is 0 Å². The van der Waals surface area contributed by atoms with Crippen LogP contribution in [0.5, 0.6) is 0 Å². The molecule has 2 heterocycles. The summed E-state index contributed by atoms with van der Waals surface area (Å²) >= 11 is 0. The molecule has 19 heavy (non-hydrogen) atoms. The zero-order valence-electron chi connectivity index (χ0n) is 12.0. The van der Waals surface area contributed by atoms with Crippen LogP contribution in [0.3, 0.4) is 0 Å². The fourth-order valence-electron chi connectivity index (χ4n) is 2.89. The molecule has 0 aromatic carbocycles. The largest absolute Gasteiger partial charge is 0.314 e. The van der Waals surface area contributed by atoms with Crippen LogP contribution >= 0.6 is 0 Å². The van der Waals surface area contributed by atoms with Gasteiger partial charge in [-0.05, 0) is 26.3 Å². The fourth-order valence-corrected chi connectivity index (χ4v) is 4.17. The molecule has 0 spiro atoms. The number of nitrogens with one attached hydrogen (secondary N) is 1. The number of hydrogen-bond donors (Lipinski definition) is 1. The lowest BCUT2D eigenvalue weighted by atomic mass is 10.1. The second-order valence-electron chi connectivity index (χ2n) is 5.77. The van der Waals surface area contributed by atoms with Gasteiger partial charge in [0.25, 0.3) is 0 Å². The Morgan fingerprint density at radius 1 is 1.11 bits per heavy atom. The Kier molecular flexibility index (Phi) is 5.62. The van der Waals surface area contributed by atoms with Crippen molar-refractivity contribution < 1.29 is 8.42 Å². The van der Waals surface area contributed by atoms with Gasteiger partial charge in [0.2, 0.25) is 0 Å². The molecule has 0 saturated carbocycles. The van der Waals surface area contributed by atoms with Gasteiger partial charge in [-0.2, -0.15) is 0 Å². The summed E-state index contributed by atoms with van der Waals surface area (Å²) in [5.74, 6) is 0.695. The summed E-state index contributed by atoms with van der Waals surface area (Å²) < 4.78 is 22.7. The summed E-state index contributed by atoms with van der Waals surface area (Å²) in [5.41, 5.74) is 0. The molecule has 1 atom stereocenters. The molecule has 2 fully saturated rings. The number of rotatable bonds is 5. The highest BCUT2D eigenvalue weighted by molar-refractivity contribution is 7.91. The third-order valence-corrected chi connectivity index (χ3v) is 5.92.